The summed E-state index contributed by atoms with van der Waals surface area (Å²) in [5.41, 5.74) is 1.76. The van der Waals surface area contributed by atoms with Crippen molar-refractivity contribution in [2.24, 2.45) is 0 Å². The first kappa shape index (κ1) is 15.2. The number of hydrogen-bond donors (Lipinski definition) is 2. The molecule has 0 bridgehead atoms. The molecule has 0 aliphatic heterocycles. The molecule has 2 N–H and O–H groups in total. The summed E-state index contributed by atoms with van der Waals surface area (Å²) in [6, 6.07) is -0.706. The maximum atomic E-state index is 11.5. The number of ether oxygens (including phenoxy) is 1. The second-order valence-electron chi connectivity index (χ2n) is 4.21. The van der Waals surface area contributed by atoms with E-state index in [-0.39, 0.29) is 12.5 Å². The molecule has 0 spiro atoms. The van der Waals surface area contributed by atoms with E-state index in [2.05, 4.69) is 20.5 Å². The molecule has 0 aromatic carbocycles. The fraction of sp³-hybridized carbons (Fsp3) is 0.583. The highest BCUT2D eigenvalue weighted by molar-refractivity contribution is 5.83. The van der Waals surface area contributed by atoms with Gasteiger partial charge in [-0.25, -0.2) is 4.79 Å². The zero-order valence-corrected chi connectivity index (χ0v) is 11.6. The van der Waals surface area contributed by atoms with Gasteiger partial charge in [0.2, 0.25) is 5.91 Å². The van der Waals surface area contributed by atoms with Gasteiger partial charge in [0, 0.05) is 25.6 Å². The summed E-state index contributed by atoms with van der Waals surface area (Å²) in [7, 11) is 1.28. The Balaban J connectivity index is 2.53. The number of amides is 1. The van der Waals surface area contributed by atoms with E-state index in [9.17, 15) is 9.59 Å². The molecule has 1 aromatic heterocycles. The Morgan fingerprint density at radius 3 is 2.58 bits per heavy atom. The van der Waals surface area contributed by atoms with E-state index in [1.807, 2.05) is 13.8 Å². The van der Waals surface area contributed by atoms with Gasteiger partial charge in [-0.3, -0.25) is 4.79 Å². The molecule has 106 valence electrons. The molecule has 1 unspecified atom stereocenters. The topological polar surface area (TPSA) is 93.5 Å². The van der Waals surface area contributed by atoms with Crippen LogP contribution in [0.2, 0.25) is 0 Å². The van der Waals surface area contributed by atoms with Crippen molar-refractivity contribution < 1.29 is 18.8 Å². The number of nitrogens with zero attached hydrogens (tertiary/aromatic N) is 1. The van der Waals surface area contributed by atoms with Gasteiger partial charge in [-0.1, -0.05) is 5.16 Å². The Hall–Kier alpha value is -1.89. The summed E-state index contributed by atoms with van der Waals surface area (Å²) in [6.07, 6.45) is 0. The molecule has 1 aromatic rings. The third-order valence-electron chi connectivity index (χ3n) is 2.69. The SMILES string of the molecule is COC(=O)C(CNCc1c(C)noc1C)NC(C)=O. The smallest absolute Gasteiger partial charge is 0.329 e. The second-order valence-corrected chi connectivity index (χ2v) is 4.21. The Bertz CT molecular complexity index is 436. The van der Waals surface area contributed by atoms with E-state index in [4.69, 9.17) is 4.52 Å². The number of nitrogens with one attached hydrogen (secondary N) is 2. The molecule has 0 aliphatic rings. The second kappa shape index (κ2) is 6.89. The highest BCUT2D eigenvalue weighted by atomic mass is 16.5. The number of hydrogen-bond acceptors (Lipinski definition) is 6. The molecule has 1 amide bonds. The molecule has 0 fully saturated rings. The summed E-state index contributed by atoms with van der Waals surface area (Å²) >= 11 is 0. The van der Waals surface area contributed by atoms with Crippen LogP contribution in [-0.2, 0) is 20.9 Å². The van der Waals surface area contributed by atoms with Crippen LogP contribution in [0.15, 0.2) is 4.52 Å². The highest BCUT2D eigenvalue weighted by Gasteiger charge is 2.20. The Kier molecular flexibility index (Phi) is 5.50. The van der Waals surface area contributed by atoms with Crippen molar-refractivity contribution in [1.29, 1.82) is 0 Å². The van der Waals surface area contributed by atoms with Crippen molar-refractivity contribution in [2.75, 3.05) is 13.7 Å². The van der Waals surface area contributed by atoms with E-state index in [1.165, 1.54) is 14.0 Å². The first-order chi connectivity index (χ1) is 8.95. The largest absolute Gasteiger partial charge is 0.467 e. The quantitative estimate of drug-likeness (QED) is 0.709. The van der Waals surface area contributed by atoms with Gasteiger partial charge < -0.3 is 19.9 Å². The number of rotatable bonds is 6. The normalized spacial score (nSPS) is 12.0. The van der Waals surface area contributed by atoms with Crippen LogP contribution in [0.5, 0.6) is 0 Å². The minimum Gasteiger partial charge on any atom is -0.467 e. The summed E-state index contributed by atoms with van der Waals surface area (Å²) < 4.78 is 9.66. The zero-order chi connectivity index (χ0) is 14.4. The van der Waals surface area contributed by atoms with E-state index < -0.39 is 12.0 Å². The number of esters is 1. The van der Waals surface area contributed by atoms with Crippen molar-refractivity contribution in [2.45, 2.75) is 33.4 Å². The van der Waals surface area contributed by atoms with Gasteiger partial charge in [0.1, 0.15) is 11.8 Å². The summed E-state index contributed by atoms with van der Waals surface area (Å²) in [5, 5.41) is 9.44. The fourth-order valence-electron chi connectivity index (χ4n) is 1.68. The average molecular weight is 269 g/mol. The van der Waals surface area contributed by atoms with Gasteiger partial charge in [0.25, 0.3) is 0 Å². The minimum absolute atomic E-state index is 0.274. The Morgan fingerprint density at radius 1 is 1.42 bits per heavy atom. The summed E-state index contributed by atoms with van der Waals surface area (Å²) in [6.45, 7) is 5.80. The Labute approximate surface area is 111 Å². The number of aromatic nitrogens is 1. The van der Waals surface area contributed by atoms with Gasteiger partial charge in [0.15, 0.2) is 0 Å². The third kappa shape index (κ3) is 4.36. The summed E-state index contributed by atoms with van der Waals surface area (Å²) in [5.74, 6) is -0.0323. The number of carbonyl (C=O) groups is 2. The molecular weight excluding hydrogens is 250 g/mol. The lowest BCUT2D eigenvalue weighted by Crippen LogP contribution is -2.47. The van der Waals surface area contributed by atoms with E-state index in [1.54, 1.807) is 0 Å². The lowest BCUT2D eigenvalue weighted by molar-refractivity contribution is -0.144. The van der Waals surface area contributed by atoms with E-state index >= 15 is 0 Å². The number of carbonyl (C=O) groups excluding carboxylic acids is 2. The number of methoxy groups -OCH3 is 1. The van der Waals surface area contributed by atoms with Gasteiger partial charge >= 0.3 is 5.97 Å². The Morgan fingerprint density at radius 2 is 2.11 bits per heavy atom. The van der Waals surface area contributed by atoms with E-state index in [0.29, 0.717) is 6.54 Å². The zero-order valence-electron chi connectivity index (χ0n) is 11.6. The fourth-order valence-corrected chi connectivity index (χ4v) is 1.68. The first-order valence-electron chi connectivity index (χ1n) is 5.93. The van der Waals surface area contributed by atoms with Gasteiger partial charge in [0.05, 0.1) is 12.8 Å². The van der Waals surface area contributed by atoms with Crippen LogP contribution in [0.1, 0.15) is 23.9 Å². The molecular formula is C12H19N3O4. The van der Waals surface area contributed by atoms with Gasteiger partial charge in [-0.15, -0.1) is 0 Å². The van der Waals surface area contributed by atoms with Crippen molar-refractivity contribution in [3.8, 4) is 0 Å². The van der Waals surface area contributed by atoms with Crippen LogP contribution in [-0.4, -0.2) is 36.7 Å². The highest BCUT2D eigenvalue weighted by Crippen LogP contribution is 2.11. The molecule has 7 heteroatoms. The van der Waals surface area contributed by atoms with Crippen molar-refractivity contribution in [1.82, 2.24) is 15.8 Å². The summed E-state index contributed by atoms with van der Waals surface area (Å²) in [4.78, 5) is 22.5. The monoisotopic (exact) mass is 269 g/mol. The van der Waals surface area contributed by atoms with E-state index in [0.717, 1.165) is 17.0 Å². The molecule has 19 heavy (non-hydrogen) atoms. The molecule has 0 radical (unpaired) electrons. The molecule has 1 atom stereocenters. The molecule has 0 saturated heterocycles. The van der Waals surface area contributed by atoms with Crippen LogP contribution in [0.4, 0.5) is 0 Å². The third-order valence-corrected chi connectivity index (χ3v) is 2.69. The lowest BCUT2D eigenvalue weighted by Gasteiger charge is -2.16. The lowest BCUT2D eigenvalue weighted by atomic mass is 10.2. The predicted octanol–water partition coefficient (Wildman–Crippen LogP) is 0.0587. The van der Waals surface area contributed by atoms with Crippen LogP contribution in [0, 0.1) is 13.8 Å². The van der Waals surface area contributed by atoms with Crippen molar-refractivity contribution in [3.63, 3.8) is 0 Å². The average Bonchev–Trinajstić information content (AvgIpc) is 2.67. The van der Waals surface area contributed by atoms with Crippen LogP contribution < -0.4 is 10.6 Å². The van der Waals surface area contributed by atoms with Crippen LogP contribution in [0.25, 0.3) is 0 Å². The van der Waals surface area contributed by atoms with Gasteiger partial charge in [-0.2, -0.15) is 0 Å². The maximum absolute atomic E-state index is 11.5. The first-order valence-corrected chi connectivity index (χ1v) is 5.93. The predicted molar refractivity (Wildman–Crippen MR) is 67.3 cm³/mol. The standard InChI is InChI=1S/C12H19N3O4/c1-7-10(8(2)19-15-7)5-13-6-11(12(17)18-4)14-9(3)16/h11,13H,5-6H2,1-4H3,(H,14,16). The van der Waals surface area contributed by atoms with Crippen molar-refractivity contribution >= 4 is 11.9 Å². The van der Waals surface area contributed by atoms with Gasteiger partial charge in [-0.05, 0) is 13.8 Å². The molecule has 1 heterocycles. The molecule has 1 rings (SSSR count). The molecule has 0 saturated carbocycles. The minimum atomic E-state index is -0.706. The van der Waals surface area contributed by atoms with Crippen LogP contribution in [0.3, 0.4) is 0 Å². The maximum Gasteiger partial charge on any atom is 0.329 e. The van der Waals surface area contributed by atoms with Crippen molar-refractivity contribution in [3.05, 3.63) is 17.0 Å². The molecule has 0 aliphatic carbocycles. The molecule has 7 nitrogen and oxygen atoms in total. The number of aryl methyl sites for hydroxylation is 2. The van der Waals surface area contributed by atoms with Crippen LogP contribution >= 0.6 is 0 Å².